The molecule has 1 saturated carbocycles. The van der Waals surface area contributed by atoms with Crippen LogP contribution < -0.4 is 15.4 Å². The lowest BCUT2D eigenvalue weighted by molar-refractivity contribution is 0.168. The lowest BCUT2D eigenvalue weighted by atomic mass is 10.1. The molecule has 10 nitrogen and oxygen atoms in total. The van der Waals surface area contributed by atoms with E-state index in [2.05, 4.69) is 35.0 Å². The summed E-state index contributed by atoms with van der Waals surface area (Å²) >= 11 is 6.68. The van der Waals surface area contributed by atoms with Crippen molar-refractivity contribution in [3.8, 4) is 22.6 Å². The van der Waals surface area contributed by atoms with E-state index in [4.69, 9.17) is 16.6 Å². The third-order valence-corrected chi connectivity index (χ3v) is 6.14. The molecular formula is C22H26ClN7O3S. The SMILES string of the molecule is COC(=O)NC(C)CNc1nccc(-c2[nH]c(C3CC3)nc2-c2cccc(NS(C)=O)c2Cl)n1. The fourth-order valence-electron chi connectivity index (χ4n) is 3.41. The Bertz CT molecular complexity index is 1210. The first kappa shape index (κ1) is 24.0. The average Bonchev–Trinajstić information content (AvgIpc) is 3.57. The zero-order valence-corrected chi connectivity index (χ0v) is 20.6. The predicted molar refractivity (Wildman–Crippen MR) is 133 cm³/mol. The van der Waals surface area contributed by atoms with Crippen molar-refractivity contribution < 1.29 is 13.7 Å². The number of rotatable bonds is 9. The summed E-state index contributed by atoms with van der Waals surface area (Å²) in [6.07, 6.45) is 4.87. The first-order valence-electron chi connectivity index (χ1n) is 10.8. The number of amides is 1. The standard InChI is InChI=1S/C22H26ClN7O3S/c1-12(26-22(31)33-2)11-25-21-24-10-9-16(27-21)19-18(28-20(29-19)13-7-8-13)14-5-4-6-15(17(14)23)30-34(3)32/h4-6,9-10,12-13,30H,7-8,11H2,1-3H3,(H,26,31)(H,28,29)(H,24,25,27). The molecule has 2 heterocycles. The van der Waals surface area contributed by atoms with Crippen LogP contribution in [0.3, 0.4) is 0 Å². The highest BCUT2D eigenvalue weighted by Gasteiger charge is 2.29. The first-order chi connectivity index (χ1) is 16.4. The molecule has 0 saturated heterocycles. The monoisotopic (exact) mass is 503 g/mol. The Morgan fingerprint density at radius 2 is 2.12 bits per heavy atom. The molecular weight excluding hydrogens is 478 g/mol. The zero-order chi connectivity index (χ0) is 24.2. The molecule has 0 bridgehead atoms. The second kappa shape index (κ2) is 10.4. The van der Waals surface area contributed by atoms with E-state index in [0.717, 1.165) is 24.4 Å². The van der Waals surface area contributed by atoms with Crippen LogP contribution in [0, 0.1) is 0 Å². The highest BCUT2D eigenvalue weighted by molar-refractivity contribution is 7.85. The van der Waals surface area contributed by atoms with Crippen molar-refractivity contribution in [2.24, 2.45) is 0 Å². The Balaban J connectivity index is 1.65. The minimum atomic E-state index is -1.26. The van der Waals surface area contributed by atoms with E-state index in [1.54, 1.807) is 24.6 Å². The highest BCUT2D eigenvalue weighted by Crippen LogP contribution is 2.43. The van der Waals surface area contributed by atoms with Gasteiger partial charge in [0.1, 0.15) is 16.8 Å². The largest absolute Gasteiger partial charge is 0.453 e. The minimum Gasteiger partial charge on any atom is -0.453 e. The van der Waals surface area contributed by atoms with E-state index in [1.807, 2.05) is 19.1 Å². The molecule has 0 aliphatic heterocycles. The number of benzene rings is 1. The van der Waals surface area contributed by atoms with Crippen LogP contribution in [0.15, 0.2) is 30.5 Å². The number of aromatic nitrogens is 4. The molecule has 1 fully saturated rings. The lowest BCUT2D eigenvalue weighted by Gasteiger charge is -2.14. The maximum atomic E-state index is 11.7. The number of methoxy groups -OCH3 is 1. The van der Waals surface area contributed by atoms with Crippen molar-refractivity contribution in [3.63, 3.8) is 0 Å². The van der Waals surface area contributed by atoms with Crippen molar-refractivity contribution in [3.05, 3.63) is 41.3 Å². The molecule has 3 aromatic rings. The number of alkyl carbamates (subject to hydrolysis) is 1. The number of anilines is 2. The van der Waals surface area contributed by atoms with Crippen LogP contribution in [0.4, 0.5) is 16.4 Å². The Morgan fingerprint density at radius 1 is 1.32 bits per heavy atom. The van der Waals surface area contributed by atoms with Gasteiger partial charge in [0, 0.05) is 36.5 Å². The fourth-order valence-corrected chi connectivity index (χ4v) is 4.21. The molecule has 2 unspecified atom stereocenters. The van der Waals surface area contributed by atoms with Gasteiger partial charge in [0.2, 0.25) is 5.95 Å². The van der Waals surface area contributed by atoms with Gasteiger partial charge in [-0.15, -0.1) is 0 Å². The second-order valence-electron chi connectivity index (χ2n) is 8.03. The molecule has 0 radical (unpaired) electrons. The third kappa shape index (κ3) is 5.65. The Kier molecular flexibility index (Phi) is 7.32. The van der Waals surface area contributed by atoms with Crippen molar-refractivity contribution in [1.29, 1.82) is 0 Å². The zero-order valence-electron chi connectivity index (χ0n) is 19.0. The normalized spacial score (nSPS) is 14.8. The number of ether oxygens (including phenoxy) is 1. The molecule has 1 aliphatic carbocycles. The Hall–Kier alpha value is -3.18. The predicted octanol–water partition coefficient (Wildman–Crippen LogP) is 3.93. The average molecular weight is 504 g/mol. The number of carbonyl (C=O) groups is 1. The third-order valence-electron chi connectivity index (χ3n) is 5.22. The second-order valence-corrected chi connectivity index (χ2v) is 9.52. The quantitative estimate of drug-likeness (QED) is 0.347. The van der Waals surface area contributed by atoms with E-state index in [-0.39, 0.29) is 6.04 Å². The molecule has 4 rings (SSSR count). The molecule has 180 valence electrons. The Morgan fingerprint density at radius 3 is 2.82 bits per heavy atom. The summed E-state index contributed by atoms with van der Waals surface area (Å²) in [6, 6.07) is 7.10. The van der Waals surface area contributed by atoms with Gasteiger partial charge in [-0.1, -0.05) is 23.7 Å². The van der Waals surface area contributed by atoms with Gasteiger partial charge in [-0.05, 0) is 31.9 Å². The summed E-state index contributed by atoms with van der Waals surface area (Å²) in [6.45, 7) is 2.25. The van der Waals surface area contributed by atoms with Crippen LogP contribution in [0.1, 0.15) is 31.5 Å². The molecule has 1 aliphatic rings. The van der Waals surface area contributed by atoms with E-state index in [1.165, 1.54) is 7.11 Å². The molecule has 1 aromatic carbocycles. The number of nitrogens with zero attached hydrogens (tertiary/aromatic N) is 3. The molecule has 34 heavy (non-hydrogen) atoms. The van der Waals surface area contributed by atoms with Crippen LogP contribution in [0.5, 0.6) is 0 Å². The van der Waals surface area contributed by atoms with Crippen LogP contribution >= 0.6 is 11.6 Å². The van der Waals surface area contributed by atoms with Crippen LogP contribution in [-0.4, -0.2) is 56.2 Å². The summed E-state index contributed by atoms with van der Waals surface area (Å²) in [7, 11) is 0.0544. The van der Waals surface area contributed by atoms with Crippen molar-refractivity contribution in [1.82, 2.24) is 25.3 Å². The topological polar surface area (TPSA) is 134 Å². The van der Waals surface area contributed by atoms with Crippen LogP contribution in [0.25, 0.3) is 22.6 Å². The van der Waals surface area contributed by atoms with Crippen molar-refractivity contribution in [2.45, 2.75) is 31.7 Å². The smallest absolute Gasteiger partial charge is 0.407 e. The summed E-state index contributed by atoms with van der Waals surface area (Å²) in [5.74, 6) is 1.69. The number of hydrogen-bond acceptors (Lipinski definition) is 7. The van der Waals surface area contributed by atoms with E-state index in [9.17, 15) is 9.00 Å². The van der Waals surface area contributed by atoms with Crippen molar-refractivity contribution >= 4 is 40.3 Å². The number of H-pyrrole nitrogens is 1. The van der Waals surface area contributed by atoms with Gasteiger partial charge >= 0.3 is 6.09 Å². The van der Waals surface area contributed by atoms with Gasteiger partial charge in [-0.3, -0.25) is 0 Å². The number of imidazole rings is 1. The van der Waals surface area contributed by atoms with Gasteiger partial charge in [0.25, 0.3) is 0 Å². The summed E-state index contributed by atoms with van der Waals surface area (Å²) < 4.78 is 19.2. The molecule has 4 N–H and O–H groups in total. The van der Waals surface area contributed by atoms with Gasteiger partial charge in [-0.25, -0.2) is 24.0 Å². The van der Waals surface area contributed by atoms with E-state index in [0.29, 0.717) is 46.1 Å². The van der Waals surface area contributed by atoms with Gasteiger partial charge in [0.05, 0.1) is 34.9 Å². The molecule has 12 heteroatoms. The fraction of sp³-hybridized carbons (Fsp3) is 0.364. The number of aromatic amines is 1. The summed E-state index contributed by atoms with van der Waals surface area (Å²) in [5, 5.41) is 6.25. The van der Waals surface area contributed by atoms with Crippen LogP contribution in [0.2, 0.25) is 5.02 Å². The number of hydrogen-bond donors (Lipinski definition) is 4. The van der Waals surface area contributed by atoms with Crippen molar-refractivity contribution in [2.75, 3.05) is 29.9 Å². The molecule has 1 amide bonds. The molecule has 2 atom stereocenters. The van der Waals surface area contributed by atoms with E-state index >= 15 is 0 Å². The summed E-state index contributed by atoms with van der Waals surface area (Å²) in [5.41, 5.74) is 3.32. The van der Waals surface area contributed by atoms with Crippen LogP contribution in [-0.2, 0) is 15.7 Å². The molecule has 2 aromatic heterocycles. The van der Waals surface area contributed by atoms with Gasteiger partial charge in [-0.2, -0.15) is 0 Å². The lowest BCUT2D eigenvalue weighted by Crippen LogP contribution is -2.37. The molecule has 0 spiro atoms. The number of nitrogens with one attached hydrogen (secondary N) is 4. The highest BCUT2D eigenvalue weighted by atomic mass is 35.5. The maximum Gasteiger partial charge on any atom is 0.407 e. The number of halogens is 1. The summed E-state index contributed by atoms with van der Waals surface area (Å²) in [4.78, 5) is 28.6. The van der Waals surface area contributed by atoms with Gasteiger partial charge in [0.15, 0.2) is 0 Å². The minimum absolute atomic E-state index is 0.193. The first-order valence-corrected chi connectivity index (χ1v) is 12.7. The maximum absolute atomic E-state index is 11.7. The van der Waals surface area contributed by atoms with E-state index < -0.39 is 17.1 Å². The van der Waals surface area contributed by atoms with Gasteiger partial charge < -0.3 is 25.1 Å². The number of carbonyl (C=O) groups excluding carboxylic acids is 1. The Labute approximate surface area is 204 Å².